The normalized spacial score (nSPS) is 20.1. The Kier molecular flexibility index (Phi) is 6.23. The van der Waals surface area contributed by atoms with Gasteiger partial charge in [-0.3, -0.25) is 4.72 Å². The van der Waals surface area contributed by atoms with E-state index in [1.165, 1.54) is 0 Å². The second-order valence-electron chi connectivity index (χ2n) is 9.41. The number of rotatable bonds is 5. The quantitative estimate of drug-likeness (QED) is 0.247. The van der Waals surface area contributed by atoms with Crippen molar-refractivity contribution in [1.82, 2.24) is 0 Å². The lowest BCUT2D eigenvalue weighted by molar-refractivity contribution is 0.425. The number of hydrogen-bond acceptors (Lipinski definition) is 3. The molecule has 3 atom stereocenters. The minimum absolute atomic E-state index is 0.0638. The summed E-state index contributed by atoms with van der Waals surface area (Å²) < 4.78 is 29.4. The molecule has 0 saturated heterocycles. The summed E-state index contributed by atoms with van der Waals surface area (Å²) in [5.74, 6) is 0.246. The number of hydrogen-bond donors (Lipinski definition) is 2. The van der Waals surface area contributed by atoms with E-state index < -0.39 is 10.0 Å². The molecule has 0 aromatic heterocycles. The smallest absolute Gasteiger partial charge is 0.261 e. The van der Waals surface area contributed by atoms with Crippen LogP contribution in [-0.4, -0.2) is 8.42 Å². The van der Waals surface area contributed by atoms with Crippen molar-refractivity contribution in [2.24, 2.45) is 5.92 Å². The van der Waals surface area contributed by atoms with Crippen molar-refractivity contribution in [2.45, 2.75) is 23.3 Å². The van der Waals surface area contributed by atoms with Crippen molar-refractivity contribution in [3.05, 3.63) is 124 Å². The molecule has 0 bridgehead atoms. The van der Waals surface area contributed by atoms with E-state index in [1.807, 2.05) is 66.7 Å². The molecule has 4 nitrogen and oxygen atoms in total. The van der Waals surface area contributed by atoms with E-state index in [-0.39, 0.29) is 22.8 Å². The zero-order valence-corrected chi connectivity index (χ0v) is 22.1. The number of allylic oxidation sites excluding steroid dienone is 2. The van der Waals surface area contributed by atoms with E-state index in [0.29, 0.717) is 15.7 Å². The summed E-state index contributed by atoms with van der Waals surface area (Å²) in [6, 6.07) is 28.1. The molecule has 186 valence electrons. The van der Waals surface area contributed by atoms with Crippen LogP contribution in [0.1, 0.15) is 29.5 Å². The van der Waals surface area contributed by atoms with Gasteiger partial charge in [0.15, 0.2) is 0 Å². The maximum Gasteiger partial charge on any atom is 0.261 e. The number of benzene rings is 4. The van der Waals surface area contributed by atoms with Gasteiger partial charge in [-0.15, -0.1) is 0 Å². The van der Waals surface area contributed by atoms with Gasteiger partial charge in [-0.25, -0.2) is 8.42 Å². The number of fused-ring (bicyclic) bond motifs is 3. The highest BCUT2D eigenvalue weighted by atomic mass is 35.5. The molecule has 6 rings (SSSR count). The van der Waals surface area contributed by atoms with Gasteiger partial charge in [-0.05, 0) is 71.5 Å². The molecule has 0 radical (unpaired) electrons. The molecule has 0 amide bonds. The van der Waals surface area contributed by atoms with Crippen molar-refractivity contribution in [2.75, 3.05) is 10.0 Å². The van der Waals surface area contributed by atoms with E-state index in [0.717, 1.165) is 34.4 Å². The highest BCUT2D eigenvalue weighted by Crippen LogP contribution is 2.52. The molecule has 0 unspecified atom stereocenters. The third kappa shape index (κ3) is 4.52. The van der Waals surface area contributed by atoms with Gasteiger partial charge in [0.25, 0.3) is 10.0 Å². The third-order valence-electron chi connectivity index (χ3n) is 7.20. The molecule has 37 heavy (non-hydrogen) atoms. The largest absolute Gasteiger partial charge is 0.378 e. The molecular formula is C30H24Cl2N2O2S. The lowest BCUT2D eigenvalue weighted by Crippen LogP contribution is -2.29. The van der Waals surface area contributed by atoms with Gasteiger partial charge in [0, 0.05) is 32.9 Å². The van der Waals surface area contributed by atoms with Crippen molar-refractivity contribution in [1.29, 1.82) is 0 Å². The van der Waals surface area contributed by atoms with Gasteiger partial charge in [0.1, 0.15) is 0 Å². The highest BCUT2D eigenvalue weighted by Gasteiger charge is 2.40. The minimum atomic E-state index is -3.78. The Morgan fingerprint density at radius 3 is 2.24 bits per heavy atom. The number of sulfonamides is 1. The summed E-state index contributed by atoms with van der Waals surface area (Å²) in [5.41, 5.74) is 5.35. The highest BCUT2D eigenvalue weighted by molar-refractivity contribution is 7.92. The van der Waals surface area contributed by atoms with Crippen LogP contribution in [0.5, 0.6) is 0 Å². The number of anilines is 2. The maximum atomic E-state index is 13.3. The summed E-state index contributed by atoms with van der Waals surface area (Å²) in [4.78, 5) is 0.230. The molecule has 0 fully saturated rings. The molecule has 4 aromatic carbocycles. The maximum absolute atomic E-state index is 13.3. The van der Waals surface area contributed by atoms with E-state index in [9.17, 15) is 8.42 Å². The Labute approximate surface area is 227 Å². The van der Waals surface area contributed by atoms with E-state index in [1.54, 1.807) is 24.3 Å². The Morgan fingerprint density at radius 1 is 0.811 bits per heavy atom. The lowest BCUT2D eigenvalue weighted by Gasteiger charge is -2.38. The molecule has 0 spiro atoms. The van der Waals surface area contributed by atoms with Crippen LogP contribution >= 0.6 is 23.2 Å². The first-order valence-corrected chi connectivity index (χ1v) is 14.3. The first-order valence-electron chi connectivity index (χ1n) is 12.1. The average Bonchev–Trinajstić information content (AvgIpc) is 3.40. The van der Waals surface area contributed by atoms with Gasteiger partial charge in [0.2, 0.25) is 0 Å². The zero-order valence-electron chi connectivity index (χ0n) is 19.7. The van der Waals surface area contributed by atoms with Gasteiger partial charge in [-0.1, -0.05) is 83.9 Å². The standard InChI is InChI=1S/C30H24Cl2N2O2S/c31-26-10-5-11-27(32)29(26)30-24-9-4-8-23(24)25-18-22(16-17-28(25)33-30)37(35,36)34-21-14-12-20(13-15-21)19-6-2-1-3-7-19/h1-8,10-18,23-24,30,33-34H,9H2/t23-,24+,30-/m0/s1. The summed E-state index contributed by atoms with van der Waals surface area (Å²) in [6.07, 6.45) is 5.16. The number of nitrogens with one attached hydrogen (secondary N) is 2. The first kappa shape index (κ1) is 24.1. The van der Waals surface area contributed by atoms with Crippen molar-refractivity contribution < 1.29 is 8.42 Å². The van der Waals surface area contributed by atoms with Crippen LogP contribution in [0, 0.1) is 5.92 Å². The predicted octanol–water partition coefficient (Wildman–Crippen LogP) is 8.29. The van der Waals surface area contributed by atoms with Crippen molar-refractivity contribution in [3.8, 4) is 11.1 Å². The second kappa shape index (κ2) is 9.56. The summed E-state index contributed by atoms with van der Waals surface area (Å²) in [5, 5.41) is 4.84. The fourth-order valence-electron chi connectivity index (χ4n) is 5.41. The van der Waals surface area contributed by atoms with E-state index >= 15 is 0 Å². The minimum Gasteiger partial charge on any atom is -0.378 e. The van der Waals surface area contributed by atoms with Crippen LogP contribution < -0.4 is 10.0 Å². The molecule has 0 saturated carbocycles. The molecule has 2 aliphatic rings. The van der Waals surface area contributed by atoms with E-state index in [2.05, 4.69) is 22.2 Å². The molecule has 1 aliphatic heterocycles. The Bertz CT molecular complexity index is 1580. The Morgan fingerprint density at radius 2 is 1.51 bits per heavy atom. The summed E-state index contributed by atoms with van der Waals surface area (Å²) >= 11 is 13.1. The predicted molar refractivity (Wildman–Crippen MR) is 152 cm³/mol. The topological polar surface area (TPSA) is 58.2 Å². The summed E-state index contributed by atoms with van der Waals surface area (Å²) in [6.45, 7) is 0. The Hall–Kier alpha value is -3.25. The molecule has 1 heterocycles. The molecular weight excluding hydrogens is 523 g/mol. The van der Waals surface area contributed by atoms with Crippen LogP contribution in [0.2, 0.25) is 10.0 Å². The SMILES string of the molecule is O=S(=O)(Nc1ccc(-c2ccccc2)cc1)c1ccc2c(c1)[C@H]1C=CC[C@H]1[C@@H](c1c(Cl)cccc1Cl)N2. The lowest BCUT2D eigenvalue weighted by atomic mass is 9.77. The van der Waals surface area contributed by atoms with Gasteiger partial charge in [-0.2, -0.15) is 0 Å². The van der Waals surface area contributed by atoms with Crippen LogP contribution in [-0.2, 0) is 10.0 Å². The fraction of sp³-hybridized carbons (Fsp3) is 0.133. The average molecular weight is 548 g/mol. The Balaban J connectivity index is 1.29. The molecule has 7 heteroatoms. The zero-order chi connectivity index (χ0) is 25.6. The van der Waals surface area contributed by atoms with Crippen molar-refractivity contribution in [3.63, 3.8) is 0 Å². The summed E-state index contributed by atoms with van der Waals surface area (Å²) in [7, 11) is -3.78. The van der Waals surface area contributed by atoms with Crippen LogP contribution in [0.15, 0.2) is 108 Å². The second-order valence-corrected chi connectivity index (χ2v) is 11.9. The number of halogens is 2. The van der Waals surface area contributed by atoms with Gasteiger partial charge >= 0.3 is 0 Å². The molecule has 1 aliphatic carbocycles. The third-order valence-corrected chi connectivity index (χ3v) is 9.24. The van der Waals surface area contributed by atoms with E-state index in [4.69, 9.17) is 23.2 Å². The fourth-order valence-corrected chi connectivity index (χ4v) is 7.13. The molecule has 2 N–H and O–H groups in total. The molecule has 4 aromatic rings. The van der Waals surface area contributed by atoms with Crippen LogP contribution in [0.25, 0.3) is 11.1 Å². The van der Waals surface area contributed by atoms with Crippen LogP contribution in [0.3, 0.4) is 0 Å². The van der Waals surface area contributed by atoms with Gasteiger partial charge in [0.05, 0.1) is 10.9 Å². The van der Waals surface area contributed by atoms with Crippen molar-refractivity contribution >= 4 is 44.6 Å². The monoisotopic (exact) mass is 546 g/mol. The van der Waals surface area contributed by atoms with Crippen LogP contribution in [0.4, 0.5) is 11.4 Å². The first-order chi connectivity index (χ1) is 17.9. The van der Waals surface area contributed by atoms with Gasteiger partial charge < -0.3 is 5.32 Å².